The van der Waals surface area contributed by atoms with Gasteiger partial charge in [0, 0.05) is 45.6 Å². The highest BCUT2D eigenvalue weighted by Gasteiger charge is 2.44. The van der Waals surface area contributed by atoms with E-state index in [9.17, 15) is 43.5 Å². The molecule has 16 heteroatoms. The van der Waals surface area contributed by atoms with Crippen molar-refractivity contribution >= 4 is 47.1 Å². The number of piperidine rings is 1. The Labute approximate surface area is 355 Å². The van der Waals surface area contributed by atoms with E-state index >= 15 is 0 Å². The Balaban J connectivity index is 1.36. The first-order valence-corrected chi connectivity index (χ1v) is 20.6. The summed E-state index contributed by atoms with van der Waals surface area (Å²) in [5, 5.41) is 15.5. The van der Waals surface area contributed by atoms with E-state index in [1.54, 1.807) is 44.2 Å². The third-order valence-corrected chi connectivity index (χ3v) is 11.4. The fraction of sp³-hybridized carbons (Fsp3) is 0.444. The monoisotopic (exact) mass is 838 g/mol. The van der Waals surface area contributed by atoms with E-state index < -0.39 is 83.5 Å². The minimum absolute atomic E-state index is 0.0372. The minimum atomic E-state index is -1.56. The number of likely N-dealkylation sites (N-methyl/N-ethyl adjacent to an activating group) is 1. The molecule has 0 unspecified atom stereocenters. The van der Waals surface area contributed by atoms with E-state index in [-0.39, 0.29) is 62.5 Å². The van der Waals surface area contributed by atoms with E-state index in [0.717, 1.165) is 5.56 Å². The van der Waals surface area contributed by atoms with Crippen molar-refractivity contribution in [3.63, 3.8) is 0 Å². The van der Waals surface area contributed by atoms with Crippen molar-refractivity contribution < 1.29 is 48.2 Å². The molecule has 2 aromatic carbocycles. The molecule has 3 heterocycles. The van der Waals surface area contributed by atoms with Gasteiger partial charge in [0.1, 0.15) is 41.8 Å². The van der Waals surface area contributed by atoms with Gasteiger partial charge in [-0.1, -0.05) is 67.6 Å². The Morgan fingerprint density at radius 1 is 0.885 bits per heavy atom. The normalized spacial score (nSPS) is 18.8. The molecule has 16 nitrogen and oxygen atoms in total. The van der Waals surface area contributed by atoms with Crippen LogP contribution in [0.15, 0.2) is 79.0 Å². The van der Waals surface area contributed by atoms with Crippen LogP contribution in [0.25, 0.3) is 0 Å². The summed E-state index contributed by atoms with van der Waals surface area (Å²) >= 11 is 0. The number of amides is 5. The van der Waals surface area contributed by atoms with Crippen LogP contribution in [0, 0.1) is 0 Å². The molecule has 0 saturated carbocycles. The highest BCUT2D eigenvalue weighted by Crippen LogP contribution is 2.26. The number of ketones is 2. The lowest BCUT2D eigenvalue weighted by molar-refractivity contribution is -0.154. The van der Waals surface area contributed by atoms with Gasteiger partial charge in [-0.15, -0.1) is 0 Å². The molecule has 2 fully saturated rings. The number of aromatic nitrogens is 1. The van der Waals surface area contributed by atoms with Crippen molar-refractivity contribution in [1.82, 2.24) is 30.3 Å². The predicted molar refractivity (Wildman–Crippen MR) is 222 cm³/mol. The second-order valence-electron chi connectivity index (χ2n) is 15.6. The number of carbonyl (C=O) groups is 8. The van der Waals surface area contributed by atoms with Gasteiger partial charge >= 0.3 is 5.97 Å². The van der Waals surface area contributed by atoms with Crippen molar-refractivity contribution in [3.8, 4) is 5.75 Å². The Morgan fingerprint density at radius 2 is 1.54 bits per heavy atom. The van der Waals surface area contributed by atoms with Gasteiger partial charge in [0.15, 0.2) is 11.5 Å². The Morgan fingerprint density at radius 3 is 2.18 bits per heavy atom. The number of carbonyl (C=O) groups excluding carboxylic acids is 8. The smallest absolute Gasteiger partial charge is 0.313 e. The molecule has 1 aromatic heterocycles. The summed E-state index contributed by atoms with van der Waals surface area (Å²) in [5.41, 5.74) is 1.05. The molecular weight excluding hydrogens is 785 g/mol. The Kier molecular flexibility index (Phi) is 15.5. The first kappa shape index (κ1) is 45.6. The average molecular weight is 839 g/mol. The summed E-state index contributed by atoms with van der Waals surface area (Å²) in [6.45, 7) is 6.26. The third kappa shape index (κ3) is 11.0. The van der Waals surface area contributed by atoms with Gasteiger partial charge < -0.3 is 35.2 Å². The number of aromatic hydroxyl groups is 1. The van der Waals surface area contributed by atoms with E-state index in [1.807, 2.05) is 30.3 Å². The van der Waals surface area contributed by atoms with Crippen LogP contribution in [0.3, 0.4) is 0 Å². The first-order chi connectivity index (χ1) is 29.1. The van der Waals surface area contributed by atoms with Crippen LogP contribution in [0.1, 0.15) is 87.3 Å². The van der Waals surface area contributed by atoms with Crippen molar-refractivity contribution in [3.05, 3.63) is 95.8 Å². The van der Waals surface area contributed by atoms with Gasteiger partial charge in [0.25, 0.3) is 5.91 Å². The summed E-state index contributed by atoms with van der Waals surface area (Å²) in [5.74, 6) is -5.68. The van der Waals surface area contributed by atoms with Gasteiger partial charge in [-0.25, -0.2) is 4.98 Å². The summed E-state index contributed by atoms with van der Waals surface area (Å²) in [4.78, 5) is 117. The number of likely N-dealkylation sites (tertiary alicyclic amines) is 2. The second-order valence-corrected chi connectivity index (χ2v) is 15.6. The molecule has 3 N–H and O–H groups in total. The quantitative estimate of drug-likeness (QED) is 0.179. The van der Waals surface area contributed by atoms with E-state index in [4.69, 9.17) is 4.74 Å². The molecular formula is C45H54N6O10. The van der Waals surface area contributed by atoms with E-state index in [1.165, 1.54) is 53.9 Å². The number of ether oxygens (including phenoxy) is 1. The molecule has 2 saturated heterocycles. The van der Waals surface area contributed by atoms with Gasteiger partial charge in [0.2, 0.25) is 23.6 Å². The number of Topliss-reactive ketones (excluding diaryl/α,β-unsaturated/α-hetero) is 2. The second kappa shape index (κ2) is 20.7. The fourth-order valence-electron chi connectivity index (χ4n) is 7.76. The molecule has 5 amide bonds. The minimum Gasteiger partial charge on any atom is -0.505 e. The summed E-state index contributed by atoms with van der Waals surface area (Å²) in [6, 6.07) is 14.8. The maximum atomic E-state index is 14.5. The standard InChI is InChI=1S/C45H54N6O10/c1-6-33(47-40(55)38(48-41(56)39-37(54)20-13-22-46-39)29(4)61-45(60)27(2)31-17-11-8-12-18-31)42(57)50-23-14-19-34(50)43(58)49(5)36(25-30-15-9-7-10-16-30)44(59)51-24-21-32(53)26-35(51)28(3)52/h7-13,15-18,20,22,27,29,33-36,38,54H,6,14,19,21,23-26H2,1-5H3,(H,47,55)(H,48,56)/t27-,29+,33+,34-,35-,36-,38-/m0/s1. The van der Waals surface area contributed by atoms with E-state index in [0.29, 0.717) is 12.0 Å². The Bertz CT molecular complexity index is 2100. The van der Waals surface area contributed by atoms with Gasteiger partial charge in [0.05, 0.1) is 12.0 Å². The van der Waals surface area contributed by atoms with Gasteiger partial charge in [-0.3, -0.25) is 38.4 Å². The molecule has 0 aliphatic carbocycles. The first-order valence-electron chi connectivity index (χ1n) is 20.6. The average Bonchev–Trinajstić information content (AvgIpc) is 3.76. The number of nitrogens with one attached hydrogen (secondary N) is 2. The number of nitrogens with zero attached hydrogens (tertiary/aromatic N) is 4. The van der Waals surface area contributed by atoms with Crippen molar-refractivity contribution in [2.24, 2.45) is 0 Å². The number of rotatable bonds is 16. The zero-order chi connectivity index (χ0) is 44.4. The zero-order valence-electron chi connectivity index (χ0n) is 35.1. The number of pyridine rings is 1. The molecule has 7 atom stereocenters. The van der Waals surface area contributed by atoms with Crippen LogP contribution in [0.4, 0.5) is 0 Å². The maximum absolute atomic E-state index is 14.5. The molecule has 0 radical (unpaired) electrons. The maximum Gasteiger partial charge on any atom is 0.313 e. The third-order valence-electron chi connectivity index (χ3n) is 11.4. The lowest BCUT2D eigenvalue weighted by Gasteiger charge is -2.39. The van der Waals surface area contributed by atoms with Crippen LogP contribution < -0.4 is 10.6 Å². The summed E-state index contributed by atoms with van der Waals surface area (Å²) < 4.78 is 5.71. The highest BCUT2D eigenvalue weighted by atomic mass is 16.5. The number of hydrogen-bond donors (Lipinski definition) is 3. The molecule has 0 spiro atoms. The fourth-order valence-corrected chi connectivity index (χ4v) is 7.76. The van der Waals surface area contributed by atoms with Crippen LogP contribution in [-0.4, -0.2) is 128 Å². The van der Waals surface area contributed by atoms with Crippen molar-refractivity contribution in [2.45, 2.75) is 108 Å². The number of esters is 1. The zero-order valence-corrected chi connectivity index (χ0v) is 35.1. The lowest BCUT2D eigenvalue weighted by Crippen LogP contribution is -2.61. The molecule has 2 aliphatic heterocycles. The van der Waals surface area contributed by atoms with Crippen LogP contribution in [0.5, 0.6) is 5.75 Å². The topological polar surface area (TPSA) is 213 Å². The molecule has 324 valence electrons. The largest absolute Gasteiger partial charge is 0.505 e. The van der Waals surface area contributed by atoms with Gasteiger partial charge in [-0.05, 0) is 63.3 Å². The van der Waals surface area contributed by atoms with Crippen LogP contribution >= 0.6 is 0 Å². The van der Waals surface area contributed by atoms with Crippen LogP contribution in [-0.2, 0) is 44.7 Å². The summed E-state index contributed by atoms with van der Waals surface area (Å²) in [6.07, 6.45) is 0.922. The molecule has 3 aromatic rings. The van der Waals surface area contributed by atoms with E-state index in [2.05, 4.69) is 15.6 Å². The van der Waals surface area contributed by atoms with Crippen LogP contribution in [0.2, 0.25) is 0 Å². The molecule has 5 rings (SSSR count). The molecule has 2 aliphatic rings. The van der Waals surface area contributed by atoms with Crippen molar-refractivity contribution in [2.75, 3.05) is 20.1 Å². The molecule has 0 bridgehead atoms. The van der Waals surface area contributed by atoms with Gasteiger partial charge in [-0.2, -0.15) is 0 Å². The van der Waals surface area contributed by atoms with Crippen molar-refractivity contribution in [1.29, 1.82) is 0 Å². The SMILES string of the molecule is CC[C@@H](NC(=O)[C@@H](NC(=O)c1ncccc1O)[C@@H](C)OC(=O)[C@@H](C)c1ccccc1)C(=O)N1CCC[C@H]1C(=O)N(C)[C@@H](Cc1ccccc1)C(=O)N1CCC(=O)C[C@H]1C(C)=O. The number of benzene rings is 2. The lowest BCUT2D eigenvalue weighted by atomic mass is 9.95. The highest BCUT2D eigenvalue weighted by molar-refractivity contribution is 6.00. The Hall–Kier alpha value is -6.45. The summed E-state index contributed by atoms with van der Waals surface area (Å²) in [7, 11) is 1.49. The number of hydrogen-bond acceptors (Lipinski definition) is 11. The molecule has 61 heavy (non-hydrogen) atoms. The predicted octanol–water partition coefficient (Wildman–Crippen LogP) is 2.73.